The summed E-state index contributed by atoms with van der Waals surface area (Å²) in [7, 11) is -3.89. The number of hydrogen-bond donors (Lipinski definition) is 2. The van der Waals surface area contributed by atoms with Crippen molar-refractivity contribution >= 4 is 15.8 Å². The molecule has 0 aliphatic carbocycles. The molecule has 0 unspecified atom stereocenters. The third-order valence-corrected chi connectivity index (χ3v) is 4.25. The van der Waals surface area contributed by atoms with Gasteiger partial charge in [-0.25, -0.2) is 17.8 Å². The van der Waals surface area contributed by atoms with E-state index < -0.39 is 22.4 Å². The van der Waals surface area contributed by atoms with Gasteiger partial charge < -0.3 is 5.11 Å². The first-order chi connectivity index (χ1) is 9.83. The fourth-order valence-electron chi connectivity index (χ4n) is 1.87. The average molecular weight is 310 g/mol. The molecule has 0 saturated carbocycles. The average Bonchev–Trinajstić information content (AvgIpc) is 2.41. The van der Waals surface area contributed by atoms with Gasteiger partial charge in [-0.2, -0.15) is 0 Å². The van der Waals surface area contributed by atoms with Crippen molar-refractivity contribution in [3.05, 3.63) is 53.0 Å². The molecule has 0 aliphatic heterocycles. The second-order valence-electron chi connectivity index (χ2n) is 4.64. The molecule has 5 nitrogen and oxygen atoms in total. The van der Waals surface area contributed by atoms with Crippen LogP contribution in [0.1, 0.15) is 16.8 Å². The van der Waals surface area contributed by atoms with Crippen molar-refractivity contribution in [2.45, 2.75) is 25.3 Å². The van der Waals surface area contributed by atoms with Gasteiger partial charge >= 0.3 is 0 Å². The highest BCUT2D eigenvalue weighted by molar-refractivity contribution is 7.92. The maximum atomic E-state index is 13.7. The van der Waals surface area contributed by atoms with E-state index in [1.807, 2.05) is 0 Å². The van der Waals surface area contributed by atoms with Gasteiger partial charge in [0.2, 0.25) is 0 Å². The lowest BCUT2D eigenvalue weighted by atomic mass is 10.1. The van der Waals surface area contributed by atoms with E-state index in [1.54, 1.807) is 19.1 Å². The Morgan fingerprint density at radius 3 is 2.62 bits per heavy atom. The first-order valence-electron chi connectivity index (χ1n) is 6.20. The second-order valence-corrected chi connectivity index (χ2v) is 6.32. The minimum Gasteiger partial charge on any atom is -0.392 e. The number of anilines is 1. The molecule has 0 amide bonds. The molecule has 112 valence electrons. The molecule has 2 N–H and O–H groups in total. The highest BCUT2D eigenvalue weighted by atomic mass is 32.2. The molecular formula is C14H15FN2O3S. The monoisotopic (exact) mass is 310 g/mol. The van der Waals surface area contributed by atoms with Crippen LogP contribution in [0.3, 0.4) is 0 Å². The summed E-state index contributed by atoms with van der Waals surface area (Å²) in [4.78, 5) is 3.94. The topological polar surface area (TPSA) is 79.3 Å². The summed E-state index contributed by atoms with van der Waals surface area (Å²) < 4.78 is 40.6. The number of aryl methyl sites for hydroxylation is 2. The number of rotatable bonds is 4. The highest BCUT2D eigenvalue weighted by Crippen LogP contribution is 2.21. The predicted molar refractivity (Wildman–Crippen MR) is 76.8 cm³/mol. The lowest BCUT2D eigenvalue weighted by Crippen LogP contribution is -2.15. The molecule has 0 spiro atoms. The second kappa shape index (κ2) is 5.79. The quantitative estimate of drug-likeness (QED) is 0.906. The minimum absolute atomic E-state index is 0.0624. The summed E-state index contributed by atoms with van der Waals surface area (Å²) in [5.41, 5.74) is 0.758. The largest absolute Gasteiger partial charge is 0.392 e. The van der Waals surface area contributed by atoms with Crippen LogP contribution in [0, 0.1) is 19.7 Å². The zero-order valence-electron chi connectivity index (χ0n) is 11.6. The number of aromatic nitrogens is 1. The molecule has 0 saturated heterocycles. The summed E-state index contributed by atoms with van der Waals surface area (Å²) in [6.45, 7) is 2.61. The molecule has 0 bridgehead atoms. The molecule has 1 heterocycles. The molecule has 7 heteroatoms. The number of aliphatic hydroxyl groups is 1. The zero-order valence-corrected chi connectivity index (χ0v) is 12.4. The van der Waals surface area contributed by atoms with Crippen molar-refractivity contribution in [1.82, 2.24) is 4.98 Å². The summed E-state index contributed by atoms with van der Waals surface area (Å²) in [5, 5.41) is 9.09. The lowest BCUT2D eigenvalue weighted by molar-refractivity contribution is 0.275. The van der Waals surface area contributed by atoms with Crippen molar-refractivity contribution < 1.29 is 17.9 Å². The van der Waals surface area contributed by atoms with Gasteiger partial charge in [-0.1, -0.05) is 6.07 Å². The first-order valence-corrected chi connectivity index (χ1v) is 7.68. The van der Waals surface area contributed by atoms with Crippen LogP contribution in [0.5, 0.6) is 0 Å². The van der Waals surface area contributed by atoms with E-state index in [0.717, 1.165) is 6.07 Å². The van der Waals surface area contributed by atoms with Gasteiger partial charge in [0.1, 0.15) is 11.6 Å². The molecule has 0 fully saturated rings. The van der Waals surface area contributed by atoms with Gasteiger partial charge in [-0.15, -0.1) is 0 Å². The van der Waals surface area contributed by atoms with Gasteiger partial charge in [0, 0.05) is 11.3 Å². The predicted octanol–water partition coefficient (Wildman–Crippen LogP) is 2.13. The Morgan fingerprint density at radius 1 is 1.29 bits per heavy atom. The van der Waals surface area contributed by atoms with Gasteiger partial charge in [-0.05, 0) is 43.7 Å². The Kier molecular flexibility index (Phi) is 4.24. The van der Waals surface area contributed by atoms with Crippen molar-refractivity contribution in [3.8, 4) is 0 Å². The summed E-state index contributed by atoms with van der Waals surface area (Å²) in [5.74, 6) is -0.423. The molecule has 21 heavy (non-hydrogen) atoms. The smallest absolute Gasteiger partial charge is 0.263 e. The first kappa shape index (κ1) is 15.4. The Balaban J connectivity index is 2.42. The number of sulfonamides is 1. The number of aliphatic hydroxyl groups excluding tert-OH is 1. The fraction of sp³-hybridized carbons (Fsp3) is 0.214. The fourth-order valence-corrected chi connectivity index (χ4v) is 3.01. The third-order valence-electron chi connectivity index (χ3n) is 2.91. The maximum Gasteiger partial charge on any atom is 0.263 e. The SMILES string of the molecule is Cc1cccc(NS(=O)(=O)c2cc(C)c(F)c(CO)c2)n1. The van der Waals surface area contributed by atoms with E-state index in [2.05, 4.69) is 9.71 Å². The normalized spacial score (nSPS) is 11.4. The molecule has 0 radical (unpaired) electrons. The van der Waals surface area contributed by atoms with Crippen LogP contribution in [0.15, 0.2) is 35.2 Å². The van der Waals surface area contributed by atoms with Crippen molar-refractivity contribution in [2.24, 2.45) is 0 Å². The number of nitrogens with one attached hydrogen (secondary N) is 1. The minimum atomic E-state index is -3.89. The van der Waals surface area contributed by atoms with Crippen LogP contribution in [-0.4, -0.2) is 18.5 Å². The van der Waals surface area contributed by atoms with Crippen molar-refractivity contribution in [2.75, 3.05) is 4.72 Å². The van der Waals surface area contributed by atoms with Gasteiger partial charge in [-0.3, -0.25) is 4.72 Å². The van der Waals surface area contributed by atoms with Gasteiger partial charge in [0.15, 0.2) is 0 Å². The molecule has 1 aromatic carbocycles. The summed E-state index contributed by atoms with van der Waals surface area (Å²) in [6.07, 6.45) is 0. The molecule has 0 aliphatic rings. The number of nitrogens with zero attached hydrogens (tertiary/aromatic N) is 1. The Labute approximate surface area is 122 Å². The number of pyridine rings is 1. The zero-order chi connectivity index (χ0) is 15.6. The van der Waals surface area contributed by atoms with Gasteiger partial charge in [0.25, 0.3) is 10.0 Å². The van der Waals surface area contributed by atoms with Crippen LogP contribution < -0.4 is 4.72 Å². The van der Waals surface area contributed by atoms with Crippen LogP contribution in [-0.2, 0) is 16.6 Å². The van der Waals surface area contributed by atoms with Crippen LogP contribution in [0.4, 0.5) is 10.2 Å². The molecule has 2 aromatic rings. The third kappa shape index (κ3) is 3.37. The van der Waals surface area contributed by atoms with E-state index >= 15 is 0 Å². The van der Waals surface area contributed by atoms with E-state index in [-0.39, 0.29) is 21.8 Å². The van der Waals surface area contributed by atoms with Crippen LogP contribution in [0.2, 0.25) is 0 Å². The van der Waals surface area contributed by atoms with E-state index in [9.17, 15) is 12.8 Å². The van der Waals surface area contributed by atoms with Crippen LogP contribution in [0.25, 0.3) is 0 Å². The van der Waals surface area contributed by atoms with E-state index in [1.165, 1.54) is 19.1 Å². The number of hydrogen-bond acceptors (Lipinski definition) is 4. The Hall–Kier alpha value is -1.99. The van der Waals surface area contributed by atoms with E-state index in [0.29, 0.717) is 5.69 Å². The van der Waals surface area contributed by atoms with Crippen LogP contribution >= 0.6 is 0 Å². The summed E-state index contributed by atoms with van der Waals surface area (Å²) >= 11 is 0. The van der Waals surface area contributed by atoms with Crippen molar-refractivity contribution in [1.29, 1.82) is 0 Å². The molecule has 0 atom stereocenters. The maximum absolute atomic E-state index is 13.7. The molecule has 2 rings (SSSR count). The highest BCUT2D eigenvalue weighted by Gasteiger charge is 2.18. The van der Waals surface area contributed by atoms with Gasteiger partial charge in [0.05, 0.1) is 11.5 Å². The van der Waals surface area contributed by atoms with E-state index in [4.69, 9.17) is 5.11 Å². The Morgan fingerprint density at radius 2 is 2.00 bits per heavy atom. The lowest BCUT2D eigenvalue weighted by Gasteiger charge is -2.11. The number of halogens is 1. The molecule has 1 aromatic heterocycles. The summed E-state index contributed by atoms with van der Waals surface area (Å²) in [6, 6.07) is 7.26. The molecular weight excluding hydrogens is 295 g/mol. The van der Waals surface area contributed by atoms with Crippen molar-refractivity contribution in [3.63, 3.8) is 0 Å². The number of benzene rings is 1. The Bertz CT molecular complexity index is 776. The standard InChI is InChI=1S/C14H15FN2O3S/c1-9-6-12(7-11(8-18)14(9)15)21(19,20)17-13-5-3-4-10(2)16-13/h3-7,18H,8H2,1-2H3,(H,16,17).